The molecule has 0 spiro atoms. The fourth-order valence-electron chi connectivity index (χ4n) is 2.49. The number of amides is 1. The molecule has 8 heteroatoms. The number of nitrogens with one attached hydrogen (secondary N) is 2. The Morgan fingerprint density at radius 1 is 1.38 bits per heavy atom. The van der Waals surface area contributed by atoms with Gasteiger partial charge in [-0.05, 0) is 31.9 Å². The summed E-state index contributed by atoms with van der Waals surface area (Å²) in [4.78, 5) is 12.1. The van der Waals surface area contributed by atoms with Crippen LogP contribution in [0.2, 0.25) is 0 Å². The first kappa shape index (κ1) is 18.0. The molecule has 24 heavy (non-hydrogen) atoms. The Kier molecular flexibility index (Phi) is 5.28. The topological polar surface area (TPSA) is 83.8 Å². The summed E-state index contributed by atoms with van der Waals surface area (Å²) >= 11 is 0. The van der Waals surface area contributed by atoms with Gasteiger partial charge in [-0.1, -0.05) is 18.2 Å². The molecule has 0 aliphatic rings. The highest BCUT2D eigenvalue weighted by Gasteiger charge is 2.30. The van der Waals surface area contributed by atoms with Crippen molar-refractivity contribution >= 4 is 5.91 Å². The number of benzene rings is 1. The Balaban J connectivity index is 1.94. The van der Waals surface area contributed by atoms with Crippen molar-refractivity contribution in [2.75, 3.05) is 6.54 Å². The maximum absolute atomic E-state index is 12.7. The van der Waals surface area contributed by atoms with E-state index < -0.39 is 23.7 Å². The van der Waals surface area contributed by atoms with Gasteiger partial charge in [-0.3, -0.25) is 9.89 Å². The molecule has 0 fully saturated rings. The van der Waals surface area contributed by atoms with Crippen LogP contribution < -0.4 is 11.1 Å². The molecule has 1 atom stereocenters. The van der Waals surface area contributed by atoms with E-state index in [1.807, 2.05) is 0 Å². The summed E-state index contributed by atoms with van der Waals surface area (Å²) in [5.74, 6) is -0.394. The van der Waals surface area contributed by atoms with E-state index in [-0.39, 0.29) is 13.0 Å². The van der Waals surface area contributed by atoms with Crippen molar-refractivity contribution in [1.82, 2.24) is 15.5 Å². The molecule has 1 aromatic heterocycles. The molecule has 130 valence electrons. The number of alkyl halides is 3. The first-order chi connectivity index (χ1) is 11.2. The highest BCUT2D eigenvalue weighted by molar-refractivity contribution is 5.83. The zero-order valence-corrected chi connectivity index (χ0v) is 13.4. The largest absolute Gasteiger partial charge is 0.416 e. The molecule has 2 aromatic rings. The average Bonchev–Trinajstić information content (AvgIpc) is 2.85. The lowest BCUT2D eigenvalue weighted by molar-refractivity contribution is -0.137. The molecular weight excluding hydrogens is 321 g/mol. The molecule has 0 saturated carbocycles. The lowest BCUT2D eigenvalue weighted by atomic mass is 10.0. The number of hydrogen-bond donors (Lipinski definition) is 3. The first-order valence-corrected chi connectivity index (χ1v) is 7.41. The van der Waals surface area contributed by atoms with Gasteiger partial charge in [0, 0.05) is 17.8 Å². The number of carbonyl (C=O) groups is 1. The van der Waals surface area contributed by atoms with Gasteiger partial charge >= 0.3 is 6.18 Å². The van der Waals surface area contributed by atoms with Crippen molar-refractivity contribution in [1.29, 1.82) is 0 Å². The number of aryl methyl sites for hydroxylation is 2. The Hall–Kier alpha value is -2.35. The molecule has 1 aromatic carbocycles. The van der Waals surface area contributed by atoms with Crippen LogP contribution in [0.4, 0.5) is 13.2 Å². The van der Waals surface area contributed by atoms with E-state index in [2.05, 4.69) is 15.5 Å². The van der Waals surface area contributed by atoms with Crippen LogP contribution in [-0.4, -0.2) is 22.6 Å². The second-order valence-corrected chi connectivity index (χ2v) is 5.56. The smallest absolute Gasteiger partial charge is 0.354 e. The molecule has 2 rings (SSSR count). The van der Waals surface area contributed by atoms with Gasteiger partial charge in [0.25, 0.3) is 0 Å². The SMILES string of the molecule is Cc1n[nH]c(C)c1[C@@H](N)C(=O)NCCc1cccc(C(F)(F)F)c1. The monoisotopic (exact) mass is 340 g/mol. The molecule has 5 nitrogen and oxygen atoms in total. The van der Waals surface area contributed by atoms with Gasteiger partial charge in [0.05, 0.1) is 11.3 Å². The number of rotatable bonds is 5. The van der Waals surface area contributed by atoms with Crippen molar-refractivity contribution in [3.8, 4) is 0 Å². The maximum atomic E-state index is 12.7. The van der Waals surface area contributed by atoms with Crippen LogP contribution in [-0.2, 0) is 17.4 Å². The number of nitrogens with two attached hydrogens (primary N) is 1. The van der Waals surface area contributed by atoms with Crippen LogP contribution in [0.1, 0.15) is 34.1 Å². The van der Waals surface area contributed by atoms with Gasteiger partial charge in [0.2, 0.25) is 5.91 Å². The highest BCUT2D eigenvalue weighted by atomic mass is 19.4. The maximum Gasteiger partial charge on any atom is 0.416 e. The van der Waals surface area contributed by atoms with Gasteiger partial charge in [0.15, 0.2) is 0 Å². The van der Waals surface area contributed by atoms with Crippen molar-refractivity contribution in [3.63, 3.8) is 0 Å². The Bertz CT molecular complexity index is 705. The van der Waals surface area contributed by atoms with E-state index >= 15 is 0 Å². The fraction of sp³-hybridized carbons (Fsp3) is 0.375. The van der Waals surface area contributed by atoms with Crippen molar-refractivity contribution < 1.29 is 18.0 Å². The van der Waals surface area contributed by atoms with E-state index in [1.54, 1.807) is 19.9 Å². The molecule has 1 heterocycles. The molecule has 0 aliphatic carbocycles. The van der Waals surface area contributed by atoms with Crippen LogP contribution in [0.3, 0.4) is 0 Å². The number of carbonyl (C=O) groups excluding carboxylic acids is 1. The minimum atomic E-state index is -4.38. The third kappa shape index (κ3) is 4.14. The molecule has 0 saturated heterocycles. The number of halogens is 3. The van der Waals surface area contributed by atoms with E-state index in [0.717, 1.165) is 12.1 Å². The summed E-state index contributed by atoms with van der Waals surface area (Å²) in [5.41, 5.74) is 7.71. The second kappa shape index (κ2) is 7.04. The van der Waals surface area contributed by atoms with Gasteiger partial charge < -0.3 is 11.1 Å². The zero-order valence-electron chi connectivity index (χ0n) is 13.4. The normalized spacial score (nSPS) is 12.9. The minimum absolute atomic E-state index is 0.198. The molecule has 0 unspecified atom stereocenters. The third-order valence-electron chi connectivity index (χ3n) is 3.75. The van der Waals surface area contributed by atoms with E-state index in [0.29, 0.717) is 22.5 Å². The van der Waals surface area contributed by atoms with Crippen LogP contribution in [0.15, 0.2) is 24.3 Å². The zero-order chi connectivity index (χ0) is 17.9. The predicted octanol–water partition coefficient (Wildman–Crippen LogP) is 2.40. The molecular formula is C16H19F3N4O. The molecule has 0 bridgehead atoms. The Morgan fingerprint density at radius 3 is 2.67 bits per heavy atom. The minimum Gasteiger partial charge on any atom is -0.354 e. The van der Waals surface area contributed by atoms with Crippen LogP contribution in [0.25, 0.3) is 0 Å². The summed E-state index contributed by atoms with van der Waals surface area (Å²) in [7, 11) is 0. The first-order valence-electron chi connectivity index (χ1n) is 7.41. The number of aromatic amines is 1. The lowest BCUT2D eigenvalue weighted by Gasteiger charge is -2.13. The van der Waals surface area contributed by atoms with Crippen LogP contribution in [0, 0.1) is 13.8 Å². The van der Waals surface area contributed by atoms with E-state index in [4.69, 9.17) is 5.73 Å². The van der Waals surface area contributed by atoms with Crippen LogP contribution >= 0.6 is 0 Å². The van der Waals surface area contributed by atoms with Gasteiger partial charge in [-0.25, -0.2) is 0 Å². The summed E-state index contributed by atoms with van der Waals surface area (Å²) in [6, 6.07) is 4.17. The van der Waals surface area contributed by atoms with Crippen LogP contribution in [0.5, 0.6) is 0 Å². The highest BCUT2D eigenvalue weighted by Crippen LogP contribution is 2.29. The Labute approximate surface area is 137 Å². The average molecular weight is 340 g/mol. The van der Waals surface area contributed by atoms with E-state index in [1.165, 1.54) is 6.07 Å². The van der Waals surface area contributed by atoms with Gasteiger partial charge in [0.1, 0.15) is 6.04 Å². The summed E-state index contributed by atoms with van der Waals surface area (Å²) < 4.78 is 38.0. The van der Waals surface area contributed by atoms with Crippen molar-refractivity contribution in [3.05, 3.63) is 52.3 Å². The van der Waals surface area contributed by atoms with E-state index in [9.17, 15) is 18.0 Å². The molecule has 0 radical (unpaired) electrons. The van der Waals surface area contributed by atoms with Gasteiger partial charge in [-0.2, -0.15) is 18.3 Å². The number of aromatic nitrogens is 2. The fourth-order valence-corrected chi connectivity index (χ4v) is 2.49. The second-order valence-electron chi connectivity index (χ2n) is 5.56. The predicted molar refractivity (Wildman–Crippen MR) is 83.1 cm³/mol. The summed E-state index contributed by atoms with van der Waals surface area (Å²) in [5, 5.41) is 9.39. The van der Waals surface area contributed by atoms with Gasteiger partial charge in [-0.15, -0.1) is 0 Å². The third-order valence-corrected chi connectivity index (χ3v) is 3.75. The van der Waals surface area contributed by atoms with Crippen molar-refractivity contribution in [2.24, 2.45) is 5.73 Å². The summed E-state index contributed by atoms with van der Waals surface area (Å²) in [6.07, 6.45) is -4.09. The number of hydrogen-bond acceptors (Lipinski definition) is 3. The standard InChI is InChI=1S/C16H19F3N4O/c1-9-13(10(2)23-22-9)14(20)15(24)21-7-6-11-4-3-5-12(8-11)16(17,18)19/h3-5,8,14H,6-7,20H2,1-2H3,(H,21,24)(H,22,23)/t14-/m1/s1. The summed E-state index contributed by atoms with van der Waals surface area (Å²) in [6.45, 7) is 3.71. The molecule has 4 N–H and O–H groups in total. The number of nitrogens with zero attached hydrogens (tertiary/aromatic N) is 1. The van der Waals surface area contributed by atoms with Crippen molar-refractivity contribution in [2.45, 2.75) is 32.5 Å². The number of H-pyrrole nitrogens is 1. The molecule has 1 amide bonds. The Morgan fingerprint density at radius 2 is 2.08 bits per heavy atom. The molecule has 0 aliphatic heterocycles. The lowest BCUT2D eigenvalue weighted by Crippen LogP contribution is -2.35. The quantitative estimate of drug-likeness (QED) is 0.781.